The van der Waals surface area contributed by atoms with Crippen molar-refractivity contribution < 1.29 is 4.39 Å². The summed E-state index contributed by atoms with van der Waals surface area (Å²) in [6.45, 7) is 6.07. The van der Waals surface area contributed by atoms with E-state index in [1.807, 2.05) is 20.8 Å². The minimum Gasteiger partial charge on any atom is -0.232 e. The van der Waals surface area contributed by atoms with Crippen LogP contribution in [-0.4, -0.2) is 9.97 Å². The summed E-state index contributed by atoms with van der Waals surface area (Å²) in [5.74, 6) is 0.312. The third-order valence-corrected chi connectivity index (χ3v) is 3.15. The molecule has 2 aromatic rings. The largest absolute Gasteiger partial charge is 0.232 e. The van der Waals surface area contributed by atoms with Gasteiger partial charge in [0.2, 0.25) is 0 Å². The number of nitrogens with zero attached hydrogens (tertiary/aromatic N) is 2. The van der Waals surface area contributed by atoms with Crippen molar-refractivity contribution in [3.8, 4) is 11.3 Å². The van der Waals surface area contributed by atoms with Gasteiger partial charge in [-0.2, -0.15) is 0 Å². The van der Waals surface area contributed by atoms with E-state index < -0.39 is 0 Å². The lowest BCUT2D eigenvalue weighted by atomic mass is 9.95. The predicted molar refractivity (Wildman–Crippen MR) is 78.8 cm³/mol. The van der Waals surface area contributed by atoms with Crippen LogP contribution in [0.1, 0.15) is 26.6 Å². The molecule has 19 heavy (non-hydrogen) atoms. The van der Waals surface area contributed by atoms with Crippen LogP contribution < -0.4 is 0 Å². The Morgan fingerprint density at radius 2 is 1.79 bits per heavy atom. The zero-order valence-electron chi connectivity index (χ0n) is 10.8. The van der Waals surface area contributed by atoms with Crippen LogP contribution >= 0.6 is 27.5 Å². The summed E-state index contributed by atoms with van der Waals surface area (Å²) in [4.78, 5) is 8.85. The van der Waals surface area contributed by atoms with E-state index in [0.29, 0.717) is 26.7 Å². The van der Waals surface area contributed by atoms with Crippen LogP contribution in [0.4, 0.5) is 4.39 Å². The van der Waals surface area contributed by atoms with E-state index in [1.165, 1.54) is 12.1 Å². The Morgan fingerprint density at radius 1 is 1.11 bits per heavy atom. The number of aromatic nitrogens is 2. The molecule has 0 unspecified atom stereocenters. The van der Waals surface area contributed by atoms with Gasteiger partial charge >= 0.3 is 0 Å². The second-order valence-corrected chi connectivity index (χ2v) is 6.56. The SMILES string of the molecule is CC(C)(C)c1nc(Br)cc(-c2cc(F)cc(Cl)c2)n1. The van der Waals surface area contributed by atoms with Crippen LogP contribution in [0, 0.1) is 5.82 Å². The third kappa shape index (κ3) is 3.51. The predicted octanol–water partition coefficient (Wildman–Crippen LogP) is 5.00. The Morgan fingerprint density at radius 3 is 2.37 bits per heavy atom. The zero-order chi connectivity index (χ0) is 14.2. The first kappa shape index (κ1) is 14.4. The lowest BCUT2D eigenvalue weighted by Gasteiger charge is -2.17. The molecule has 0 spiro atoms. The van der Waals surface area contributed by atoms with Crippen LogP contribution in [0.15, 0.2) is 28.9 Å². The summed E-state index contributed by atoms with van der Waals surface area (Å²) >= 11 is 9.24. The quantitative estimate of drug-likeness (QED) is 0.681. The summed E-state index contributed by atoms with van der Waals surface area (Å²) in [6.07, 6.45) is 0. The third-order valence-electron chi connectivity index (χ3n) is 2.52. The molecule has 0 aliphatic carbocycles. The lowest BCUT2D eigenvalue weighted by molar-refractivity contribution is 0.544. The maximum atomic E-state index is 13.4. The van der Waals surface area contributed by atoms with Crippen LogP contribution in [0.25, 0.3) is 11.3 Å². The highest BCUT2D eigenvalue weighted by atomic mass is 79.9. The van der Waals surface area contributed by atoms with E-state index in [9.17, 15) is 4.39 Å². The molecule has 0 fully saturated rings. The Balaban J connectivity index is 2.59. The molecule has 1 aromatic heterocycles. The summed E-state index contributed by atoms with van der Waals surface area (Å²) in [5, 5.41) is 0.349. The van der Waals surface area contributed by atoms with E-state index in [4.69, 9.17) is 11.6 Å². The molecule has 0 radical (unpaired) electrons. The molecule has 0 atom stereocenters. The molecule has 2 rings (SSSR count). The van der Waals surface area contributed by atoms with Gasteiger partial charge in [-0.25, -0.2) is 14.4 Å². The van der Waals surface area contributed by atoms with Crippen molar-refractivity contribution in [3.63, 3.8) is 0 Å². The van der Waals surface area contributed by atoms with E-state index in [1.54, 1.807) is 12.1 Å². The van der Waals surface area contributed by atoms with E-state index in [2.05, 4.69) is 25.9 Å². The van der Waals surface area contributed by atoms with E-state index >= 15 is 0 Å². The van der Waals surface area contributed by atoms with Crippen molar-refractivity contribution in [1.82, 2.24) is 9.97 Å². The molecular formula is C14H13BrClFN2. The van der Waals surface area contributed by atoms with Crippen molar-refractivity contribution >= 4 is 27.5 Å². The topological polar surface area (TPSA) is 25.8 Å². The smallest absolute Gasteiger partial charge is 0.135 e. The van der Waals surface area contributed by atoms with Crippen LogP contribution in [0.5, 0.6) is 0 Å². The molecule has 0 saturated heterocycles. The number of rotatable bonds is 1. The normalized spacial score (nSPS) is 11.7. The number of hydrogen-bond donors (Lipinski definition) is 0. The molecule has 2 nitrogen and oxygen atoms in total. The molecule has 1 aromatic carbocycles. The van der Waals surface area contributed by atoms with E-state index in [-0.39, 0.29) is 11.2 Å². The van der Waals surface area contributed by atoms with Crippen molar-refractivity contribution in [2.75, 3.05) is 0 Å². The Labute approximate surface area is 125 Å². The number of benzene rings is 1. The minimum absolute atomic E-state index is 0.185. The fourth-order valence-corrected chi connectivity index (χ4v) is 2.21. The van der Waals surface area contributed by atoms with Gasteiger partial charge in [0, 0.05) is 16.0 Å². The first-order valence-corrected chi connectivity index (χ1v) is 6.94. The first-order valence-electron chi connectivity index (χ1n) is 5.77. The van der Waals surface area contributed by atoms with Gasteiger partial charge in [-0.15, -0.1) is 0 Å². The van der Waals surface area contributed by atoms with Crippen molar-refractivity contribution in [1.29, 1.82) is 0 Å². The van der Waals surface area contributed by atoms with Crippen LogP contribution in [0.3, 0.4) is 0 Å². The van der Waals surface area contributed by atoms with Gasteiger partial charge in [0.1, 0.15) is 16.2 Å². The average molecular weight is 344 g/mol. The van der Waals surface area contributed by atoms with Crippen molar-refractivity contribution in [2.24, 2.45) is 0 Å². The highest BCUT2D eigenvalue weighted by molar-refractivity contribution is 9.10. The van der Waals surface area contributed by atoms with Gasteiger partial charge in [-0.05, 0) is 40.2 Å². The fourth-order valence-electron chi connectivity index (χ4n) is 1.60. The van der Waals surface area contributed by atoms with E-state index in [0.717, 1.165) is 0 Å². The van der Waals surface area contributed by atoms with Gasteiger partial charge in [0.25, 0.3) is 0 Å². The second kappa shape index (κ2) is 5.17. The molecule has 0 N–H and O–H groups in total. The summed E-state index contributed by atoms with van der Waals surface area (Å²) in [7, 11) is 0. The van der Waals surface area contributed by atoms with Crippen LogP contribution in [0.2, 0.25) is 5.02 Å². The van der Waals surface area contributed by atoms with Crippen molar-refractivity contribution in [2.45, 2.75) is 26.2 Å². The Bertz CT molecular complexity index is 603. The first-order chi connectivity index (χ1) is 8.75. The Kier molecular flexibility index (Phi) is 3.92. The maximum Gasteiger partial charge on any atom is 0.135 e. The zero-order valence-corrected chi connectivity index (χ0v) is 13.2. The summed E-state index contributed by atoms with van der Waals surface area (Å²) in [6, 6.07) is 6.12. The molecular weight excluding hydrogens is 331 g/mol. The molecule has 0 amide bonds. The average Bonchev–Trinajstić information content (AvgIpc) is 2.25. The van der Waals surface area contributed by atoms with Crippen LogP contribution in [-0.2, 0) is 5.41 Å². The summed E-state index contributed by atoms with van der Waals surface area (Å²) < 4.78 is 14.1. The highest BCUT2D eigenvalue weighted by Gasteiger charge is 2.19. The lowest BCUT2D eigenvalue weighted by Crippen LogP contribution is -2.16. The number of halogens is 3. The van der Waals surface area contributed by atoms with Gasteiger partial charge in [0.15, 0.2) is 0 Å². The molecule has 1 heterocycles. The molecule has 100 valence electrons. The van der Waals surface area contributed by atoms with Gasteiger partial charge in [0.05, 0.1) is 5.69 Å². The summed E-state index contributed by atoms with van der Waals surface area (Å²) in [5.41, 5.74) is 1.10. The Hall–Kier alpha value is -1.00. The van der Waals surface area contributed by atoms with Gasteiger partial charge < -0.3 is 0 Å². The molecule has 0 aliphatic heterocycles. The maximum absolute atomic E-state index is 13.4. The fraction of sp³-hybridized carbons (Fsp3) is 0.286. The number of hydrogen-bond acceptors (Lipinski definition) is 2. The highest BCUT2D eigenvalue weighted by Crippen LogP contribution is 2.27. The standard InChI is InChI=1S/C14H13BrClFN2/c1-14(2,3)13-18-11(7-12(15)19-13)8-4-9(16)6-10(17)5-8/h4-7H,1-3H3. The van der Waals surface area contributed by atoms with Gasteiger partial charge in [-0.1, -0.05) is 32.4 Å². The second-order valence-electron chi connectivity index (χ2n) is 5.31. The monoisotopic (exact) mass is 342 g/mol. The van der Waals surface area contributed by atoms with Crippen molar-refractivity contribution in [3.05, 3.63) is 45.5 Å². The van der Waals surface area contributed by atoms with Gasteiger partial charge in [-0.3, -0.25) is 0 Å². The molecule has 0 aliphatic rings. The molecule has 0 bridgehead atoms. The minimum atomic E-state index is -0.380. The molecule has 5 heteroatoms. The molecule has 0 saturated carbocycles.